The van der Waals surface area contributed by atoms with Crippen molar-refractivity contribution < 1.29 is 9.18 Å². The van der Waals surface area contributed by atoms with Crippen LogP contribution in [0.25, 0.3) is 0 Å². The number of hydrogen-bond donors (Lipinski definition) is 1. The molecule has 1 fully saturated rings. The molecule has 1 aromatic carbocycles. The van der Waals surface area contributed by atoms with E-state index in [1.165, 1.54) is 6.07 Å². The van der Waals surface area contributed by atoms with Gasteiger partial charge in [-0.05, 0) is 36.5 Å². The zero-order valence-corrected chi connectivity index (χ0v) is 11.0. The smallest absolute Gasteiger partial charge is 0.227 e. The van der Waals surface area contributed by atoms with Crippen LogP contribution < -0.4 is 5.32 Å². The molecular weight excluding hydrogens is 229 g/mol. The van der Waals surface area contributed by atoms with E-state index in [0.29, 0.717) is 11.3 Å². The van der Waals surface area contributed by atoms with Crippen LogP contribution in [0.15, 0.2) is 18.2 Å². The van der Waals surface area contributed by atoms with Crippen molar-refractivity contribution in [3.8, 4) is 0 Å². The topological polar surface area (TPSA) is 29.1 Å². The molecule has 1 saturated carbocycles. The summed E-state index contributed by atoms with van der Waals surface area (Å²) in [5, 5.41) is 2.81. The van der Waals surface area contributed by atoms with Gasteiger partial charge in [-0.3, -0.25) is 4.79 Å². The van der Waals surface area contributed by atoms with Gasteiger partial charge < -0.3 is 5.32 Å². The predicted octanol–water partition coefficient (Wildman–Crippen LogP) is 4.08. The molecular formula is C15H20FNO. The molecule has 0 aromatic heterocycles. The Hall–Kier alpha value is -1.38. The fourth-order valence-corrected chi connectivity index (χ4v) is 2.51. The minimum Gasteiger partial charge on any atom is -0.326 e. The summed E-state index contributed by atoms with van der Waals surface area (Å²) in [6.45, 7) is 3.91. The van der Waals surface area contributed by atoms with E-state index in [4.69, 9.17) is 0 Å². The van der Waals surface area contributed by atoms with Gasteiger partial charge in [-0.25, -0.2) is 4.39 Å². The van der Waals surface area contributed by atoms with E-state index < -0.39 is 0 Å². The second-order valence-electron chi connectivity index (χ2n) is 5.36. The van der Waals surface area contributed by atoms with E-state index >= 15 is 0 Å². The van der Waals surface area contributed by atoms with E-state index in [-0.39, 0.29) is 23.6 Å². The SMILES string of the molecule is CC(C)c1ccc(NC(=O)C2CCCC2)cc1F. The molecule has 2 nitrogen and oxygen atoms in total. The van der Waals surface area contributed by atoms with Crippen LogP contribution in [0.4, 0.5) is 10.1 Å². The Labute approximate surface area is 108 Å². The summed E-state index contributed by atoms with van der Waals surface area (Å²) in [6, 6.07) is 4.96. The first-order valence-corrected chi connectivity index (χ1v) is 6.68. The first-order chi connectivity index (χ1) is 8.58. The summed E-state index contributed by atoms with van der Waals surface area (Å²) >= 11 is 0. The van der Waals surface area contributed by atoms with Gasteiger partial charge in [0.05, 0.1) is 0 Å². The maximum Gasteiger partial charge on any atom is 0.227 e. The zero-order chi connectivity index (χ0) is 13.1. The first kappa shape index (κ1) is 13.1. The summed E-state index contributed by atoms with van der Waals surface area (Å²) in [7, 11) is 0. The average molecular weight is 249 g/mol. The lowest BCUT2D eigenvalue weighted by Gasteiger charge is -2.12. The lowest BCUT2D eigenvalue weighted by molar-refractivity contribution is -0.119. The molecule has 1 aliphatic rings. The van der Waals surface area contributed by atoms with Crippen LogP contribution in [0, 0.1) is 11.7 Å². The van der Waals surface area contributed by atoms with Gasteiger partial charge >= 0.3 is 0 Å². The number of halogens is 1. The summed E-state index contributed by atoms with van der Waals surface area (Å²) in [4.78, 5) is 11.9. The van der Waals surface area contributed by atoms with Gasteiger partial charge in [-0.1, -0.05) is 32.8 Å². The van der Waals surface area contributed by atoms with Gasteiger partial charge in [0.25, 0.3) is 0 Å². The molecule has 1 aliphatic carbocycles. The lowest BCUT2D eigenvalue weighted by Crippen LogP contribution is -2.20. The minimum atomic E-state index is -0.241. The van der Waals surface area contributed by atoms with Gasteiger partial charge in [0.15, 0.2) is 0 Å². The fraction of sp³-hybridized carbons (Fsp3) is 0.533. The maximum atomic E-state index is 13.8. The molecule has 2 rings (SSSR count). The Morgan fingerprint density at radius 1 is 1.33 bits per heavy atom. The van der Waals surface area contributed by atoms with Gasteiger partial charge in [0.1, 0.15) is 5.82 Å². The highest BCUT2D eigenvalue weighted by molar-refractivity contribution is 5.92. The Bertz CT molecular complexity index is 436. The van der Waals surface area contributed by atoms with Crippen LogP contribution in [0.2, 0.25) is 0 Å². The number of carbonyl (C=O) groups excluding carboxylic acids is 1. The third-order valence-corrected chi connectivity index (χ3v) is 3.62. The van der Waals surface area contributed by atoms with E-state index in [9.17, 15) is 9.18 Å². The fourth-order valence-electron chi connectivity index (χ4n) is 2.51. The van der Waals surface area contributed by atoms with Crippen molar-refractivity contribution in [2.24, 2.45) is 5.92 Å². The quantitative estimate of drug-likeness (QED) is 0.859. The Balaban J connectivity index is 2.05. The third kappa shape index (κ3) is 2.89. The van der Waals surface area contributed by atoms with Gasteiger partial charge in [0.2, 0.25) is 5.91 Å². The van der Waals surface area contributed by atoms with Crippen molar-refractivity contribution >= 4 is 11.6 Å². The summed E-state index contributed by atoms with van der Waals surface area (Å²) in [5.74, 6) is 0.0563. The highest BCUT2D eigenvalue weighted by Gasteiger charge is 2.22. The van der Waals surface area contributed by atoms with Crippen LogP contribution in [0.1, 0.15) is 51.0 Å². The van der Waals surface area contributed by atoms with Crippen molar-refractivity contribution in [2.75, 3.05) is 5.32 Å². The molecule has 1 aromatic rings. The third-order valence-electron chi connectivity index (χ3n) is 3.62. The highest BCUT2D eigenvalue weighted by atomic mass is 19.1. The van der Waals surface area contributed by atoms with Crippen molar-refractivity contribution in [3.05, 3.63) is 29.6 Å². The van der Waals surface area contributed by atoms with Crippen LogP contribution in [-0.2, 0) is 4.79 Å². The van der Waals surface area contributed by atoms with E-state index in [0.717, 1.165) is 25.7 Å². The highest BCUT2D eigenvalue weighted by Crippen LogP contribution is 2.27. The van der Waals surface area contributed by atoms with Crippen LogP contribution in [-0.4, -0.2) is 5.91 Å². The second-order valence-corrected chi connectivity index (χ2v) is 5.36. The Morgan fingerprint density at radius 3 is 2.56 bits per heavy atom. The first-order valence-electron chi connectivity index (χ1n) is 6.68. The molecule has 1 amide bonds. The maximum absolute atomic E-state index is 13.8. The number of amides is 1. The van der Waals surface area contributed by atoms with Crippen LogP contribution >= 0.6 is 0 Å². The molecule has 3 heteroatoms. The number of nitrogens with one attached hydrogen (secondary N) is 1. The minimum absolute atomic E-state index is 0.0317. The van der Waals surface area contributed by atoms with Crippen molar-refractivity contribution in [2.45, 2.75) is 45.4 Å². The Kier molecular flexibility index (Phi) is 4.00. The Morgan fingerprint density at radius 2 is 2.00 bits per heavy atom. The summed E-state index contributed by atoms with van der Waals surface area (Å²) in [5.41, 5.74) is 1.25. The molecule has 0 radical (unpaired) electrons. The lowest BCUT2D eigenvalue weighted by atomic mass is 10.0. The summed E-state index contributed by atoms with van der Waals surface area (Å²) in [6.07, 6.45) is 4.16. The van der Waals surface area contributed by atoms with E-state index in [1.54, 1.807) is 12.1 Å². The van der Waals surface area contributed by atoms with E-state index in [2.05, 4.69) is 5.32 Å². The molecule has 0 unspecified atom stereocenters. The van der Waals surface area contributed by atoms with Crippen molar-refractivity contribution in [1.82, 2.24) is 0 Å². The van der Waals surface area contributed by atoms with Crippen molar-refractivity contribution in [3.63, 3.8) is 0 Å². The predicted molar refractivity (Wildman–Crippen MR) is 71.1 cm³/mol. The van der Waals surface area contributed by atoms with Crippen LogP contribution in [0.5, 0.6) is 0 Å². The normalized spacial score (nSPS) is 16.2. The number of rotatable bonds is 3. The number of benzene rings is 1. The second kappa shape index (κ2) is 5.51. The number of anilines is 1. The number of hydrogen-bond acceptors (Lipinski definition) is 1. The standard InChI is InChI=1S/C15H20FNO/c1-10(2)13-8-7-12(9-14(13)16)17-15(18)11-5-3-4-6-11/h7-11H,3-6H2,1-2H3,(H,17,18). The monoisotopic (exact) mass is 249 g/mol. The molecule has 0 aliphatic heterocycles. The zero-order valence-electron chi connectivity index (χ0n) is 11.0. The molecule has 0 spiro atoms. The van der Waals surface area contributed by atoms with Crippen molar-refractivity contribution in [1.29, 1.82) is 0 Å². The van der Waals surface area contributed by atoms with E-state index in [1.807, 2.05) is 13.8 Å². The average Bonchev–Trinajstić information content (AvgIpc) is 2.81. The molecule has 98 valence electrons. The molecule has 1 N–H and O–H groups in total. The van der Waals surface area contributed by atoms with Gasteiger partial charge in [0, 0.05) is 11.6 Å². The molecule has 0 bridgehead atoms. The van der Waals surface area contributed by atoms with Gasteiger partial charge in [-0.15, -0.1) is 0 Å². The molecule has 0 heterocycles. The summed E-state index contributed by atoms with van der Waals surface area (Å²) < 4.78 is 13.8. The molecule has 0 atom stereocenters. The van der Waals surface area contributed by atoms with Gasteiger partial charge in [-0.2, -0.15) is 0 Å². The number of carbonyl (C=O) groups is 1. The van der Waals surface area contributed by atoms with Crippen LogP contribution in [0.3, 0.4) is 0 Å². The molecule has 18 heavy (non-hydrogen) atoms. The molecule has 0 saturated heterocycles. The largest absolute Gasteiger partial charge is 0.326 e.